The van der Waals surface area contributed by atoms with Crippen molar-refractivity contribution in [1.29, 1.82) is 0 Å². The van der Waals surface area contributed by atoms with Crippen molar-refractivity contribution in [2.75, 3.05) is 0 Å². The molecule has 1 aliphatic carbocycles. The lowest BCUT2D eigenvalue weighted by Gasteiger charge is -2.06. The smallest absolute Gasteiger partial charge is 0.167 e. The molecule has 4 rings (SSSR count). The van der Waals surface area contributed by atoms with Crippen LogP contribution in [-0.2, 0) is 6.42 Å². The van der Waals surface area contributed by atoms with Gasteiger partial charge < -0.3 is 10.7 Å². The van der Waals surface area contributed by atoms with Crippen molar-refractivity contribution in [2.45, 2.75) is 31.2 Å². The van der Waals surface area contributed by atoms with Crippen LogP contribution in [-0.4, -0.2) is 20.2 Å². The van der Waals surface area contributed by atoms with Crippen molar-refractivity contribution < 1.29 is 0 Å². The van der Waals surface area contributed by atoms with Crippen molar-refractivity contribution in [3.63, 3.8) is 0 Å². The van der Waals surface area contributed by atoms with E-state index in [1.54, 1.807) is 0 Å². The molecular formula is C15H17N5. The summed E-state index contributed by atoms with van der Waals surface area (Å²) >= 11 is 0. The quantitative estimate of drug-likeness (QED) is 0.678. The molecule has 0 saturated heterocycles. The molecule has 1 fully saturated rings. The first kappa shape index (κ1) is 11.7. The third kappa shape index (κ3) is 2.00. The second-order valence-electron chi connectivity index (χ2n) is 5.52. The number of nitrogens with two attached hydrogens (primary N) is 1. The highest BCUT2D eigenvalue weighted by molar-refractivity contribution is 5.83. The second-order valence-corrected chi connectivity index (χ2v) is 5.52. The van der Waals surface area contributed by atoms with Crippen molar-refractivity contribution >= 4 is 10.9 Å². The number of rotatable bonds is 4. The van der Waals surface area contributed by atoms with Gasteiger partial charge in [-0.3, -0.25) is 5.10 Å². The van der Waals surface area contributed by atoms with E-state index < -0.39 is 0 Å². The van der Waals surface area contributed by atoms with E-state index in [-0.39, 0.29) is 6.04 Å². The highest BCUT2D eigenvalue weighted by Crippen LogP contribution is 2.38. The molecule has 2 heterocycles. The first-order valence-corrected chi connectivity index (χ1v) is 7.04. The molecule has 0 radical (unpaired) electrons. The van der Waals surface area contributed by atoms with E-state index in [9.17, 15) is 0 Å². The zero-order chi connectivity index (χ0) is 13.5. The molecule has 3 aromatic rings. The lowest BCUT2D eigenvalue weighted by molar-refractivity contribution is 0.673. The first-order chi connectivity index (χ1) is 9.81. The van der Waals surface area contributed by atoms with E-state index in [1.165, 1.54) is 23.8 Å². The van der Waals surface area contributed by atoms with Crippen LogP contribution in [0.5, 0.6) is 0 Å². The van der Waals surface area contributed by atoms with E-state index in [0.717, 1.165) is 23.6 Å². The topological polar surface area (TPSA) is 83.4 Å². The number of aromatic amines is 2. The molecule has 0 bridgehead atoms. The number of benzene rings is 1. The van der Waals surface area contributed by atoms with Gasteiger partial charge in [-0.25, -0.2) is 4.98 Å². The molecule has 0 amide bonds. The Bertz CT molecular complexity index is 737. The highest BCUT2D eigenvalue weighted by Gasteiger charge is 2.28. The van der Waals surface area contributed by atoms with Crippen LogP contribution in [0.2, 0.25) is 0 Å². The molecule has 1 aliphatic rings. The Morgan fingerprint density at radius 3 is 3.00 bits per heavy atom. The predicted molar refractivity (Wildman–Crippen MR) is 77.3 cm³/mol. The summed E-state index contributed by atoms with van der Waals surface area (Å²) in [6, 6.07) is 8.09. The van der Waals surface area contributed by atoms with Gasteiger partial charge in [0.2, 0.25) is 0 Å². The SMILES string of the molecule is N[C@H](Cc1c[nH]c2ccccc12)c1n[nH]c(C2CC2)n1. The fraction of sp³-hybridized carbons (Fsp3) is 0.333. The number of nitrogens with zero attached hydrogens (tertiary/aromatic N) is 2. The molecule has 20 heavy (non-hydrogen) atoms. The van der Waals surface area contributed by atoms with E-state index in [1.807, 2.05) is 18.3 Å². The Morgan fingerprint density at radius 1 is 1.30 bits per heavy atom. The van der Waals surface area contributed by atoms with Gasteiger partial charge in [0.15, 0.2) is 5.82 Å². The van der Waals surface area contributed by atoms with Crippen LogP contribution >= 0.6 is 0 Å². The molecular weight excluding hydrogens is 250 g/mol. The highest BCUT2D eigenvalue weighted by atomic mass is 15.2. The van der Waals surface area contributed by atoms with Gasteiger partial charge in [0.1, 0.15) is 5.82 Å². The summed E-state index contributed by atoms with van der Waals surface area (Å²) in [7, 11) is 0. The molecule has 1 aromatic carbocycles. The maximum atomic E-state index is 6.25. The fourth-order valence-corrected chi connectivity index (χ4v) is 2.62. The minimum absolute atomic E-state index is 0.169. The van der Waals surface area contributed by atoms with Crippen LogP contribution in [0.1, 0.15) is 42.0 Å². The zero-order valence-electron chi connectivity index (χ0n) is 11.1. The van der Waals surface area contributed by atoms with Gasteiger partial charge in [0.05, 0.1) is 6.04 Å². The van der Waals surface area contributed by atoms with Crippen LogP contribution in [0.25, 0.3) is 10.9 Å². The molecule has 4 N–H and O–H groups in total. The standard InChI is InChI=1S/C15H17N5/c16-12(15-18-14(19-20-15)9-5-6-9)7-10-8-17-13-4-2-1-3-11(10)13/h1-4,8-9,12,17H,5-7,16H2,(H,18,19,20)/t12-/m1/s1. The fourth-order valence-electron chi connectivity index (χ4n) is 2.62. The number of hydrogen-bond acceptors (Lipinski definition) is 3. The normalized spacial score (nSPS) is 16.6. The van der Waals surface area contributed by atoms with Crippen LogP contribution in [0, 0.1) is 0 Å². The summed E-state index contributed by atoms with van der Waals surface area (Å²) < 4.78 is 0. The third-order valence-electron chi connectivity index (χ3n) is 3.93. The average molecular weight is 267 g/mol. The van der Waals surface area contributed by atoms with Gasteiger partial charge in [0.25, 0.3) is 0 Å². The minimum atomic E-state index is -0.169. The summed E-state index contributed by atoms with van der Waals surface area (Å²) in [6.45, 7) is 0. The summed E-state index contributed by atoms with van der Waals surface area (Å²) in [4.78, 5) is 7.81. The van der Waals surface area contributed by atoms with Gasteiger partial charge in [-0.05, 0) is 30.9 Å². The van der Waals surface area contributed by atoms with E-state index in [2.05, 4.69) is 32.3 Å². The van der Waals surface area contributed by atoms with E-state index >= 15 is 0 Å². The number of hydrogen-bond donors (Lipinski definition) is 3. The van der Waals surface area contributed by atoms with Crippen LogP contribution in [0.4, 0.5) is 0 Å². The number of fused-ring (bicyclic) bond motifs is 1. The summed E-state index contributed by atoms with van der Waals surface area (Å²) in [5, 5.41) is 8.51. The average Bonchev–Trinajstić information content (AvgIpc) is 3.06. The number of nitrogens with one attached hydrogen (secondary N) is 2. The van der Waals surface area contributed by atoms with E-state index in [4.69, 9.17) is 5.73 Å². The Balaban J connectivity index is 1.57. The Kier molecular flexibility index (Phi) is 2.60. The molecule has 0 unspecified atom stereocenters. The molecule has 5 nitrogen and oxygen atoms in total. The summed E-state index contributed by atoms with van der Waals surface area (Å²) in [5.41, 5.74) is 8.61. The molecule has 2 aromatic heterocycles. The molecule has 5 heteroatoms. The van der Waals surface area contributed by atoms with Crippen molar-refractivity contribution in [3.8, 4) is 0 Å². The molecule has 0 spiro atoms. The lowest BCUT2D eigenvalue weighted by atomic mass is 10.1. The van der Waals surface area contributed by atoms with Crippen LogP contribution in [0.3, 0.4) is 0 Å². The number of aromatic nitrogens is 4. The van der Waals surface area contributed by atoms with Crippen LogP contribution < -0.4 is 5.73 Å². The Labute approximate surface area is 116 Å². The second kappa shape index (κ2) is 4.45. The maximum Gasteiger partial charge on any atom is 0.167 e. The van der Waals surface area contributed by atoms with Gasteiger partial charge in [-0.15, -0.1) is 0 Å². The lowest BCUT2D eigenvalue weighted by Crippen LogP contribution is -2.15. The largest absolute Gasteiger partial charge is 0.361 e. The van der Waals surface area contributed by atoms with Crippen molar-refractivity contribution in [3.05, 3.63) is 47.7 Å². The first-order valence-electron chi connectivity index (χ1n) is 7.04. The molecule has 1 atom stereocenters. The summed E-state index contributed by atoms with van der Waals surface area (Å²) in [5.74, 6) is 2.29. The number of para-hydroxylation sites is 1. The summed E-state index contributed by atoms with van der Waals surface area (Å²) in [6.07, 6.45) is 5.20. The number of H-pyrrole nitrogens is 2. The molecule has 0 aliphatic heterocycles. The van der Waals surface area contributed by atoms with Crippen molar-refractivity contribution in [2.24, 2.45) is 5.73 Å². The Hall–Kier alpha value is -2.14. The maximum absolute atomic E-state index is 6.25. The zero-order valence-corrected chi connectivity index (χ0v) is 11.1. The van der Waals surface area contributed by atoms with Crippen LogP contribution in [0.15, 0.2) is 30.5 Å². The molecule has 1 saturated carbocycles. The van der Waals surface area contributed by atoms with Gasteiger partial charge in [0, 0.05) is 23.0 Å². The molecule has 102 valence electrons. The van der Waals surface area contributed by atoms with Gasteiger partial charge in [-0.2, -0.15) is 5.10 Å². The monoisotopic (exact) mass is 267 g/mol. The van der Waals surface area contributed by atoms with Gasteiger partial charge in [-0.1, -0.05) is 18.2 Å². The third-order valence-corrected chi connectivity index (χ3v) is 3.93. The minimum Gasteiger partial charge on any atom is -0.361 e. The van der Waals surface area contributed by atoms with Crippen molar-refractivity contribution in [1.82, 2.24) is 20.2 Å². The Morgan fingerprint density at radius 2 is 2.15 bits per heavy atom. The predicted octanol–water partition coefficient (Wildman–Crippen LogP) is 2.41. The van der Waals surface area contributed by atoms with E-state index in [0.29, 0.717) is 5.92 Å². The van der Waals surface area contributed by atoms with Gasteiger partial charge >= 0.3 is 0 Å².